The molecule has 3 N–H and O–H groups in total. The topological polar surface area (TPSA) is 85.7 Å². The number of nitrogens with two attached hydrogens (primary N) is 1. The number of hydrogen-bond acceptors (Lipinski definition) is 4. The second-order valence-electron chi connectivity index (χ2n) is 4.46. The quantitative estimate of drug-likeness (QED) is 0.385. The molecule has 0 saturated carbocycles. The van der Waals surface area contributed by atoms with Crippen molar-refractivity contribution in [3.63, 3.8) is 0 Å². The Bertz CT molecular complexity index is 650. The van der Waals surface area contributed by atoms with Crippen molar-refractivity contribution in [2.45, 2.75) is 27.0 Å². The lowest BCUT2D eigenvalue weighted by molar-refractivity contribution is 0.292. The Balaban J connectivity index is 2.10. The molecule has 0 spiro atoms. The fraction of sp³-hybridized carbons (Fsp3) is 0.286. The van der Waals surface area contributed by atoms with Gasteiger partial charge in [-0.2, -0.15) is 5.10 Å². The van der Waals surface area contributed by atoms with Crippen LogP contribution < -0.4 is 10.5 Å². The molecular formula is C14H17ClN4O2. The molecule has 0 bridgehead atoms. The smallest absolute Gasteiger partial charge is 0.170 e. The van der Waals surface area contributed by atoms with Crippen molar-refractivity contribution in [1.82, 2.24) is 9.78 Å². The van der Waals surface area contributed by atoms with Crippen molar-refractivity contribution >= 4 is 17.4 Å². The number of ether oxygens (including phenoxy) is 1. The van der Waals surface area contributed by atoms with Crippen LogP contribution >= 0.6 is 11.6 Å². The molecule has 1 aromatic carbocycles. The molecular weight excluding hydrogens is 292 g/mol. The van der Waals surface area contributed by atoms with E-state index in [0.29, 0.717) is 22.9 Å². The van der Waals surface area contributed by atoms with Gasteiger partial charge in [0.2, 0.25) is 0 Å². The summed E-state index contributed by atoms with van der Waals surface area (Å²) in [6.45, 7) is 4.92. The zero-order chi connectivity index (χ0) is 15.4. The molecule has 0 radical (unpaired) electrons. The van der Waals surface area contributed by atoms with Crippen LogP contribution in [-0.4, -0.2) is 20.8 Å². The Hall–Kier alpha value is -2.21. The van der Waals surface area contributed by atoms with Crippen molar-refractivity contribution in [2.24, 2.45) is 10.9 Å². The largest absolute Gasteiger partial charge is 0.487 e. The summed E-state index contributed by atoms with van der Waals surface area (Å²) >= 11 is 6.22. The highest BCUT2D eigenvalue weighted by Crippen LogP contribution is 2.22. The van der Waals surface area contributed by atoms with Gasteiger partial charge in [0.1, 0.15) is 12.4 Å². The van der Waals surface area contributed by atoms with Gasteiger partial charge in [0.25, 0.3) is 0 Å². The highest BCUT2D eigenvalue weighted by atomic mass is 35.5. The van der Waals surface area contributed by atoms with Crippen molar-refractivity contribution in [1.29, 1.82) is 0 Å². The lowest BCUT2D eigenvalue weighted by Gasteiger charge is -2.09. The van der Waals surface area contributed by atoms with Crippen LogP contribution in [0.4, 0.5) is 0 Å². The number of halogens is 1. The van der Waals surface area contributed by atoms with E-state index in [-0.39, 0.29) is 5.84 Å². The average molecular weight is 309 g/mol. The van der Waals surface area contributed by atoms with Crippen LogP contribution in [0.5, 0.6) is 5.75 Å². The van der Waals surface area contributed by atoms with Gasteiger partial charge in [0.05, 0.1) is 16.4 Å². The van der Waals surface area contributed by atoms with E-state index in [1.165, 1.54) is 0 Å². The van der Waals surface area contributed by atoms with E-state index in [0.717, 1.165) is 17.9 Å². The summed E-state index contributed by atoms with van der Waals surface area (Å²) in [6.07, 6.45) is 0. The molecule has 112 valence electrons. The fourth-order valence-electron chi connectivity index (χ4n) is 1.94. The molecule has 0 atom stereocenters. The van der Waals surface area contributed by atoms with Gasteiger partial charge in [-0.25, -0.2) is 0 Å². The maximum Gasteiger partial charge on any atom is 0.170 e. The van der Waals surface area contributed by atoms with Gasteiger partial charge in [-0.3, -0.25) is 4.68 Å². The Kier molecular flexibility index (Phi) is 4.70. The van der Waals surface area contributed by atoms with Gasteiger partial charge < -0.3 is 15.7 Å². The zero-order valence-electron chi connectivity index (χ0n) is 11.9. The summed E-state index contributed by atoms with van der Waals surface area (Å²) in [7, 11) is 0. The zero-order valence-corrected chi connectivity index (χ0v) is 12.6. The third-order valence-corrected chi connectivity index (χ3v) is 3.58. The first-order chi connectivity index (χ1) is 10.1. The van der Waals surface area contributed by atoms with E-state index in [2.05, 4.69) is 10.3 Å². The van der Waals surface area contributed by atoms with E-state index in [1.54, 1.807) is 24.3 Å². The van der Waals surface area contributed by atoms with Gasteiger partial charge >= 0.3 is 0 Å². The van der Waals surface area contributed by atoms with E-state index in [4.69, 9.17) is 27.3 Å². The molecule has 0 amide bonds. The normalized spacial score (nSPS) is 11.7. The Morgan fingerprint density at radius 2 is 2.10 bits per heavy atom. The molecule has 0 saturated heterocycles. The van der Waals surface area contributed by atoms with Gasteiger partial charge in [-0.15, -0.1) is 0 Å². The second kappa shape index (κ2) is 6.49. The van der Waals surface area contributed by atoms with Crippen LogP contribution in [-0.2, 0) is 13.2 Å². The van der Waals surface area contributed by atoms with E-state index < -0.39 is 0 Å². The predicted molar refractivity (Wildman–Crippen MR) is 80.9 cm³/mol. The van der Waals surface area contributed by atoms with Gasteiger partial charge in [-0.05, 0) is 38.1 Å². The van der Waals surface area contributed by atoms with Crippen LogP contribution in [0.15, 0.2) is 29.4 Å². The standard InChI is InChI=1S/C14H17ClN4O2/c1-3-19-12(13(15)9(2)17-19)8-21-11-6-4-10(5-7-11)14(16)18-20/h4-7,20H,3,8H2,1-2H3,(H2,16,18). The van der Waals surface area contributed by atoms with E-state index in [9.17, 15) is 0 Å². The molecule has 1 aromatic heterocycles. The number of nitrogens with zero attached hydrogens (tertiary/aromatic N) is 3. The third kappa shape index (κ3) is 3.28. The Morgan fingerprint density at radius 1 is 1.43 bits per heavy atom. The number of aromatic nitrogens is 2. The van der Waals surface area contributed by atoms with Crippen LogP contribution in [0.3, 0.4) is 0 Å². The molecule has 2 aromatic rings. The summed E-state index contributed by atoms with van der Waals surface area (Å²) in [6, 6.07) is 6.93. The molecule has 7 heteroatoms. The maximum absolute atomic E-state index is 8.61. The highest BCUT2D eigenvalue weighted by Gasteiger charge is 2.13. The third-order valence-electron chi connectivity index (χ3n) is 3.09. The summed E-state index contributed by atoms with van der Waals surface area (Å²) in [4.78, 5) is 0. The predicted octanol–water partition coefficient (Wildman–Crippen LogP) is 2.54. The van der Waals surface area contributed by atoms with Crippen LogP contribution in [0.1, 0.15) is 23.9 Å². The van der Waals surface area contributed by atoms with Gasteiger partial charge in [-0.1, -0.05) is 16.8 Å². The van der Waals surface area contributed by atoms with Crippen molar-refractivity contribution in [3.8, 4) is 5.75 Å². The summed E-state index contributed by atoms with van der Waals surface area (Å²) in [5.74, 6) is 0.728. The minimum Gasteiger partial charge on any atom is -0.487 e. The van der Waals surface area contributed by atoms with Crippen molar-refractivity contribution < 1.29 is 9.94 Å². The first-order valence-electron chi connectivity index (χ1n) is 6.49. The number of rotatable bonds is 5. The van der Waals surface area contributed by atoms with Crippen LogP contribution in [0.2, 0.25) is 5.02 Å². The molecule has 0 aliphatic rings. The SMILES string of the molecule is CCn1nc(C)c(Cl)c1COc1ccc(C(N)=NO)cc1. The number of hydrogen-bond donors (Lipinski definition) is 2. The summed E-state index contributed by atoms with van der Waals surface area (Å²) < 4.78 is 7.53. The number of aryl methyl sites for hydroxylation is 2. The van der Waals surface area contributed by atoms with Gasteiger partial charge in [0.15, 0.2) is 5.84 Å². The minimum absolute atomic E-state index is 0.0595. The van der Waals surface area contributed by atoms with E-state index >= 15 is 0 Å². The maximum atomic E-state index is 8.61. The molecule has 6 nitrogen and oxygen atoms in total. The molecule has 21 heavy (non-hydrogen) atoms. The molecule has 0 unspecified atom stereocenters. The van der Waals surface area contributed by atoms with Gasteiger partial charge in [0, 0.05) is 12.1 Å². The number of benzene rings is 1. The van der Waals surface area contributed by atoms with Crippen molar-refractivity contribution in [2.75, 3.05) is 0 Å². The van der Waals surface area contributed by atoms with Crippen molar-refractivity contribution in [3.05, 3.63) is 46.2 Å². The molecule has 0 fully saturated rings. The summed E-state index contributed by atoms with van der Waals surface area (Å²) in [5.41, 5.74) is 7.76. The first-order valence-corrected chi connectivity index (χ1v) is 6.87. The van der Waals surface area contributed by atoms with Crippen LogP contribution in [0.25, 0.3) is 0 Å². The molecule has 0 aliphatic heterocycles. The minimum atomic E-state index is 0.0595. The monoisotopic (exact) mass is 308 g/mol. The van der Waals surface area contributed by atoms with Crippen LogP contribution in [0, 0.1) is 6.92 Å². The molecule has 1 heterocycles. The lowest BCUT2D eigenvalue weighted by atomic mass is 10.2. The number of amidine groups is 1. The second-order valence-corrected chi connectivity index (χ2v) is 4.84. The van der Waals surface area contributed by atoms with E-state index in [1.807, 2.05) is 18.5 Å². The molecule has 2 rings (SSSR count). The highest BCUT2D eigenvalue weighted by molar-refractivity contribution is 6.31. The average Bonchev–Trinajstić information content (AvgIpc) is 2.79. The first kappa shape index (κ1) is 15.2. The molecule has 0 aliphatic carbocycles. The fourth-order valence-corrected chi connectivity index (χ4v) is 2.13. The number of oxime groups is 1. The Labute approximate surface area is 127 Å². The summed E-state index contributed by atoms with van der Waals surface area (Å²) in [5, 5.41) is 16.5. The Morgan fingerprint density at radius 3 is 2.67 bits per heavy atom. The lowest BCUT2D eigenvalue weighted by Crippen LogP contribution is -2.12.